The molecule has 0 aromatic carbocycles. The molecule has 2 rings (SSSR count). The van der Waals surface area contributed by atoms with Gasteiger partial charge < -0.3 is 9.52 Å². The van der Waals surface area contributed by atoms with E-state index in [1.807, 2.05) is 0 Å². The van der Waals surface area contributed by atoms with E-state index in [1.54, 1.807) is 23.5 Å². The number of hydrogen-bond donors (Lipinski definition) is 2. The Balaban J connectivity index is 2.07. The van der Waals surface area contributed by atoms with Crippen LogP contribution in [0, 0.1) is 0 Å². The highest BCUT2D eigenvalue weighted by Crippen LogP contribution is 2.27. The molecule has 20 heavy (non-hydrogen) atoms. The average Bonchev–Trinajstić information content (AvgIpc) is 2.81. The van der Waals surface area contributed by atoms with Gasteiger partial charge in [-0.1, -0.05) is 0 Å². The zero-order valence-corrected chi connectivity index (χ0v) is 14.2. The third kappa shape index (κ3) is 3.94. The largest absolute Gasteiger partial charge is 0.475 e. The van der Waals surface area contributed by atoms with Gasteiger partial charge in [-0.25, -0.2) is 17.9 Å². The summed E-state index contributed by atoms with van der Waals surface area (Å²) in [5.74, 6) is 1.27. The minimum absolute atomic E-state index is 0.104. The second-order valence-corrected chi connectivity index (χ2v) is 8.99. The van der Waals surface area contributed by atoms with Crippen LogP contribution in [0.25, 0.3) is 0 Å². The van der Waals surface area contributed by atoms with Crippen LogP contribution in [-0.4, -0.2) is 48.5 Å². The van der Waals surface area contributed by atoms with Gasteiger partial charge in [-0.3, -0.25) is 0 Å². The Morgan fingerprint density at radius 1 is 1.55 bits per heavy atom. The number of rotatable bonds is 5. The Bertz CT molecular complexity index is 594. The maximum Gasteiger partial charge on any atom is 0.371 e. The SMILES string of the molecule is O=C(O)c1cc(S(=O)(=O)NCC2CSCCS2)c(Br)o1. The van der Waals surface area contributed by atoms with Crippen molar-refractivity contribution >= 4 is 55.4 Å². The van der Waals surface area contributed by atoms with Crippen molar-refractivity contribution in [2.45, 2.75) is 10.1 Å². The molecule has 0 aliphatic carbocycles. The summed E-state index contributed by atoms with van der Waals surface area (Å²) in [5.41, 5.74) is 0. The average molecular weight is 402 g/mol. The zero-order valence-electron chi connectivity index (χ0n) is 10.2. The van der Waals surface area contributed by atoms with Gasteiger partial charge in [-0.05, 0) is 15.9 Å². The summed E-state index contributed by atoms with van der Waals surface area (Å²) < 4.78 is 31.5. The van der Waals surface area contributed by atoms with Crippen molar-refractivity contribution in [2.24, 2.45) is 0 Å². The summed E-state index contributed by atoms with van der Waals surface area (Å²) in [6.07, 6.45) is 0. The lowest BCUT2D eigenvalue weighted by Crippen LogP contribution is -2.33. The first-order valence-electron chi connectivity index (χ1n) is 5.62. The van der Waals surface area contributed by atoms with Crippen molar-refractivity contribution in [3.63, 3.8) is 0 Å². The van der Waals surface area contributed by atoms with Crippen LogP contribution in [0.2, 0.25) is 0 Å². The van der Waals surface area contributed by atoms with Crippen molar-refractivity contribution in [1.82, 2.24) is 4.72 Å². The van der Waals surface area contributed by atoms with Gasteiger partial charge in [0.25, 0.3) is 0 Å². The number of thioether (sulfide) groups is 2. The molecule has 112 valence electrons. The fraction of sp³-hybridized carbons (Fsp3) is 0.500. The summed E-state index contributed by atoms with van der Waals surface area (Å²) in [6, 6.07) is 0.998. The molecule has 10 heteroatoms. The fourth-order valence-corrected chi connectivity index (χ4v) is 6.31. The van der Waals surface area contributed by atoms with E-state index in [1.165, 1.54) is 0 Å². The van der Waals surface area contributed by atoms with E-state index in [2.05, 4.69) is 20.7 Å². The smallest absolute Gasteiger partial charge is 0.371 e. The van der Waals surface area contributed by atoms with Crippen molar-refractivity contribution in [1.29, 1.82) is 0 Å². The van der Waals surface area contributed by atoms with Gasteiger partial charge in [0.15, 0.2) is 4.67 Å². The highest BCUT2D eigenvalue weighted by atomic mass is 79.9. The highest BCUT2D eigenvalue weighted by molar-refractivity contribution is 9.10. The van der Waals surface area contributed by atoms with E-state index < -0.39 is 21.8 Å². The summed E-state index contributed by atoms with van der Waals surface area (Å²) in [4.78, 5) is 10.6. The molecule has 0 radical (unpaired) electrons. The molecule has 1 fully saturated rings. The summed E-state index contributed by atoms with van der Waals surface area (Å²) in [7, 11) is -3.78. The molecular formula is C10H12BrNO5S3. The van der Waals surface area contributed by atoms with Gasteiger partial charge in [-0.2, -0.15) is 23.5 Å². The number of carboxylic acids is 1. The molecule has 0 amide bonds. The topological polar surface area (TPSA) is 96.6 Å². The van der Waals surface area contributed by atoms with Gasteiger partial charge in [0.05, 0.1) is 0 Å². The summed E-state index contributed by atoms with van der Waals surface area (Å²) >= 11 is 6.46. The van der Waals surface area contributed by atoms with E-state index in [4.69, 9.17) is 9.52 Å². The normalized spacial score (nSPS) is 19.9. The number of carbonyl (C=O) groups is 1. The second kappa shape index (κ2) is 6.73. The first-order valence-corrected chi connectivity index (χ1v) is 10.1. The molecule has 1 aliphatic rings. The van der Waals surface area contributed by atoms with Gasteiger partial charge in [0.2, 0.25) is 15.8 Å². The maximum absolute atomic E-state index is 12.1. The number of carboxylic acid groups (broad SMARTS) is 1. The Kier molecular flexibility index (Phi) is 5.46. The third-order valence-corrected chi connectivity index (χ3v) is 7.67. The minimum Gasteiger partial charge on any atom is -0.475 e. The van der Waals surface area contributed by atoms with E-state index >= 15 is 0 Å². The Morgan fingerprint density at radius 3 is 2.85 bits per heavy atom. The lowest BCUT2D eigenvalue weighted by molar-refractivity contribution is 0.0661. The van der Waals surface area contributed by atoms with E-state index in [-0.39, 0.29) is 14.8 Å². The predicted octanol–water partition coefficient (Wildman–Crippen LogP) is 1.87. The molecule has 0 spiro atoms. The standard InChI is InChI=1S/C10H12BrNO5S3/c11-9-8(3-7(17-9)10(13)14)20(15,16)12-4-6-5-18-1-2-19-6/h3,6,12H,1-2,4-5H2,(H,13,14). The highest BCUT2D eigenvalue weighted by Gasteiger charge is 2.26. The Labute approximate surface area is 133 Å². The van der Waals surface area contributed by atoms with Crippen molar-refractivity contribution in [3.8, 4) is 0 Å². The Morgan fingerprint density at radius 2 is 2.30 bits per heavy atom. The number of aromatic carboxylic acids is 1. The van der Waals surface area contributed by atoms with Crippen LogP contribution >= 0.6 is 39.5 Å². The van der Waals surface area contributed by atoms with Gasteiger partial charge in [-0.15, -0.1) is 0 Å². The monoisotopic (exact) mass is 401 g/mol. The van der Waals surface area contributed by atoms with Gasteiger partial charge in [0, 0.05) is 35.1 Å². The minimum atomic E-state index is -3.78. The first kappa shape index (κ1) is 16.2. The van der Waals surface area contributed by atoms with Crippen LogP contribution in [0.15, 0.2) is 20.0 Å². The molecule has 1 aromatic rings. The van der Waals surface area contributed by atoms with E-state index in [0.29, 0.717) is 6.54 Å². The molecular weight excluding hydrogens is 390 g/mol. The van der Waals surface area contributed by atoms with Crippen LogP contribution in [0.5, 0.6) is 0 Å². The molecule has 2 heterocycles. The second-order valence-electron chi connectivity index (χ2n) is 3.97. The molecule has 2 N–H and O–H groups in total. The predicted molar refractivity (Wildman–Crippen MR) is 82.1 cm³/mol. The van der Waals surface area contributed by atoms with Crippen LogP contribution in [0.4, 0.5) is 0 Å². The number of nitrogens with one attached hydrogen (secondary N) is 1. The molecule has 0 bridgehead atoms. The lowest BCUT2D eigenvalue weighted by atomic mass is 10.5. The molecule has 1 saturated heterocycles. The summed E-state index contributed by atoms with van der Waals surface area (Å²) in [6.45, 7) is 0.319. The molecule has 1 aliphatic heterocycles. The fourth-order valence-electron chi connectivity index (χ4n) is 1.58. The van der Waals surface area contributed by atoms with Crippen LogP contribution in [0.1, 0.15) is 10.6 Å². The van der Waals surface area contributed by atoms with Crippen molar-refractivity contribution in [3.05, 3.63) is 16.5 Å². The quantitative estimate of drug-likeness (QED) is 0.776. The molecule has 1 unspecified atom stereocenters. The molecule has 0 saturated carbocycles. The third-order valence-electron chi connectivity index (χ3n) is 2.54. The summed E-state index contributed by atoms with van der Waals surface area (Å²) in [5, 5.41) is 9.02. The van der Waals surface area contributed by atoms with Crippen LogP contribution in [0.3, 0.4) is 0 Å². The molecule has 1 atom stereocenters. The van der Waals surface area contributed by atoms with Crippen molar-refractivity contribution < 1.29 is 22.7 Å². The van der Waals surface area contributed by atoms with Crippen LogP contribution < -0.4 is 4.72 Å². The van der Waals surface area contributed by atoms with Crippen LogP contribution in [-0.2, 0) is 10.0 Å². The van der Waals surface area contributed by atoms with Gasteiger partial charge in [0.1, 0.15) is 4.90 Å². The zero-order chi connectivity index (χ0) is 14.8. The van der Waals surface area contributed by atoms with E-state index in [0.717, 1.165) is 23.3 Å². The molecule has 1 aromatic heterocycles. The number of halogens is 1. The number of hydrogen-bond acceptors (Lipinski definition) is 6. The van der Waals surface area contributed by atoms with Gasteiger partial charge >= 0.3 is 5.97 Å². The van der Waals surface area contributed by atoms with Crippen molar-refractivity contribution in [2.75, 3.05) is 23.8 Å². The van der Waals surface area contributed by atoms with E-state index in [9.17, 15) is 13.2 Å². The lowest BCUT2D eigenvalue weighted by Gasteiger charge is -2.20. The molecule has 6 nitrogen and oxygen atoms in total. The first-order chi connectivity index (χ1) is 9.40. The maximum atomic E-state index is 12.1. The number of furan rings is 1. The Hall–Kier alpha value is -0.160. The number of sulfonamides is 1.